The maximum atomic E-state index is 13.8. The molecule has 0 aliphatic carbocycles. The van der Waals surface area contributed by atoms with Gasteiger partial charge in [0.2, 0.25) is 0 Å². The predicted molar refractivity (Wildman–Crippen MR) is 68.9 cm³/mol. The van der Waals surface area contributed by atoms with Crippen LogP contribution in [-0.4, -0.2) is 13.4 Å². The summed E-state index contributed by atoms with van der Waals surface area (Å²) in [5, 5.41) is 0. The lowest BCUT2D eigenvalue weighted by atomic mass is 10.2. The van der Waals surface area contributed by atoms with Crippen LogP contribution in [0.3, 0.4) is 0 Å². The number of hydrogen-bond acceptors (Lipinski definition) is 3. The largest absolute Gasteiger partial charge is 0.496 e. The summed E-state index contributed by atoms with van der Waals surface area (Å²) in [5.41, 5.74) is -0.290. The minimum atomic E-state index is -1.13. The number of halogens is 2. The number of benzene rings is 2. The molecule has 0 heterocycles. The van der Waals surface area contributed by atoms with E-state index in [0.717, 1.165) is 11.8 Å². The highest BCUT2D eigenvalue weighted by Crippen LogP contribution is 2.36. The molecular formula is C14H10F2O2S. The van der Waals surface area contributed by atoms with Gasteiger partial charge in [0, 0.05) is 0 Å². The standard InChI is InChI=1S/C14H10F2O2S/c1-18-10-4-2-3-5-11(10)19-12-7-6-9(8-17)13(15)14(12)16/h2-8H,1H3. The number of rotatable bonds is 4. The third kappa shape index (κ3) is 2.76. The summed E-state index contributed by atoms with van der Waals surface area (Å²) in [4.78, 5) is 11.3. The van der Waals surface area contributed by atoms with Crippen LogP contribution in [0, 0.1) is 11.6 Å². The van der Waals surface area contributed by atoms with Gasteiger partial charge in [-0.05, 0) is 24.3 Å². The Morgan fingerprint density at radius 2 is 1.79 bits per heavy atom. The zero-order valence-corrected chi connectivity index (χ0v) is 10.8. The number of methoxy groups -OCH3 is 1. The van der Waals surface area contributed by atoms with Crippen molar-refractivity contribution in [3.05, 3.63) is 53.6 Å². The molecule has 0 bridgehead atoms. The summed E-state index contributed by atoms with van der Waals surface area (Å²) in [6, 6.07) is 9.67. The average molecular weight is 280 g/mol. The molecule has 0 aliphatic heterocycles. The van der Waals surface area contributed by atoms with E-state index in [9.17, 15) is 13.6 Å². The lowest BCUT2D eigenvalue weighted by molar-refractivity contribution is 0.111. The molecule has 0 atom stereocenters. The molecule has 0 N–H and O–H groups in total. The molecule has 19 heavy (non-hydrogen) atoms. The van der Waals surface area contributed by atoms with Crippen molar-refractivity contribution in [2.75, 3.05) is 7.11 Å². The Kier molecular flexibility index (Phi) is 4.16. The average Bonchev–Trinajstić information content (AvgIpc) is 2.45. The van der Waals surface area contributed by atoms with Crippen molar-refractivity contribution in [2.24, 2.45) is 0 Å². The van der Waals surface area contributed by atoms with Crippen LogP contribution in [0.2, 0.25) is 0 Å². The number of carbonyl (C=O) groups excluding carboxylic acids is 1. The Hall–Kier alpha value is -1.88. The summed E-state index contributed by atoms with van der Waals surface area (Å²) < 4.78 is 32.4. The van der Waals surface area contributed by atoms with E-state index in [-0.39, 0.29) is 16.7 Å². The molecule has 0 aliphatic rings. The third-order valence-electron chi connectivity index (χ3n) is 2.49. The van der Waals surface area contributed by atoms with E-state index >= 15 is 0 Å². The van der Waals surface area contributed by atoms with Crippen molar-refractivity contribution >= 4 is 18.0 Å². The number of para-hydroxylation sites is 1. The summed E-state index contributed by atoms with van der Waals surface area (Å²) in [6.07, 6.45) is 0.288. The summed E-state index contributed by atoms with van der Waals surface area (Å²) in [5.74, 6) is -1.58. The monoisotopic (exact) mass is 280 g/mol. The highest BCUT2D eigenvalue weighted by atomic mass is 32.2. The van der Waals surface area contributed by atoms with Gasteiger partial charge in [-0.1, -0.05) is 23.9 Å². The van der Waals surface area contributed by atoms with Crippen molar-refractivity contribution in [1.29, 1.82) is 0 Å². The molecule has 0 fully saturated rings. The molecule has 0 saturated heterocycles. The molecule has 2 nitrogen and oxygen atoms in total. The number of carbonyl (C=O) groups is 1. The Morgan fingerprint density at radius 3 is 2.47 bits per heavy atom. The quantitative estimate of drug-likeness (QED) is 0.794. The first-order chi connectivity index (χ1) is 9.17. The first kappa shape index (κ1) is 13.5. The van der Waals surface area contributed by atoms with Gasteiger partial charge in [0.25, 0.3) is 0 Å². The second-order valence-corrected chi connectivity index (χ2v) is 4.74. The number of hydrogen-bond donors (Lipinski definition) is 0. The van der Waals surface area contributed by atoms with E-state index < -0.39 is 11.6 Å². The van der Waals surface area contributed by atoms with E-state index in [1.165, 1.54) is 19.2 Å². The molecule has 2 rings (SSSR count). The van der Waals surface area contributed by atoms with Crippen LogP contribution in [0.15, 0.2) is 46.2 Å². The van der Waals surface area contributed by atoms with Gasteiger partial charge in [-0.25, -0.2) is 8.78 Å². The third-order valence-corrected chi connectivity index (χ3v) is 3.59. The topological polar surface area (TPSA) is 26.3 Å². The highest BCUT2D eigenvalue weighted by Gasteiger charge is 2.15. The smallest absolute Gasteiger partial charge is 0.173 e. The zero-order chi connectivity index (χ0) is 13.8. The van der Waals surface area contributed by atoms with E-state index in [4.69, 9.17) is 4.74 Å². The van der Waals surface area contributed by atoms with Crippen molar-refractivity contribution < 1.29 is 18.3 Å². The van der Waals surface area contributed by atoms with Crippen LogP contribution >= 0.6 is 11.8 Å². The zero-order valence-electron chi connectivity index (χ0n) is 10.0. The summed E-state index contributed by atoms with van der Waals surface area (Å²) >= 11 is 1.04. The van der Waals surface area contributed by atoms with Gasteiger partial charge in [-0.15, -0.1) is 0 Å². The van der Waals surface area contributed by atoms with Crippen LogP contribution in [0.4, 0.5) is 8.78 Å². The fourth-order valence-electron chi connectivity index (χ4n) is 1.54. The van der Waals surface area contributed by atoms with Gasteiger partial charge < -0.3 is 4.74 Å². The van der Waals surface area contributed by atoms with Gasteiger partial charge in [0.1, 0.15) is 5.75 Å². The van der Waals surface area contributed by atoms with Crippen molar-refractivity contribution in [3.8, 4) is 5.75 Å². The Bertz CT molecular complexity index is 614. The Balaban J connectivity index is 2.39. The molecule has 0 saturated carbocycles. The second-order valence-electron chi connectivity index (χ2n) is 3.65. The normalized spacial score (nSPS) is 10.3. The Labute approximate surface area is 113 Å². The fraction of sp³-hybridized carbons (Fsp3) is 0.0714. The van der Waals surface area contributed by atoms with Crippen LogP contribution in [-0.2, 0) is 0 Å². The van der Waals surface area contributed by atoms with Crippen LogP contribution in [0.5, 0.6) is 5.75 Å². The lowest BCUT2D eigenvalue weighted by Crippen LogP contribution is -1.95. The molecule has 98 valence electrons. The maximum Gasteiger partial charge on any atom is 0.173 e. The SMILES string of the molecule is COc1ccccc1Sc1ccc(C=O)c(F)c1F. The molecule has 2 aromatic rings. The molecule has 0 amide bonds. The summed E-state index contributed by atoms with van der Waals surface area (Å²) in [6.45, 7) is 0. The van der Waals surface area contributed by atoms with Crippen LogP contribution < -0.4 is 4.74 Å². The predicted octanol–water partition coefficient (Wildman–Crippen LogP) is 3.94. The Morgan fingerprint density at radius 1 is 1.05 bits per heavy atom. The van der Waals surface area contributed by atoms with E-state index in [0.29, 0.717) is 10.6 Å². The minimum absolute atomic E-state index is 0.104. The first-order valence-corrected chi connectivity index (χ1v) is 6.23. The molecule has 5 heteroatoms. The number of ether oxygens (including phenoxy) is 1. The molecule has 0 spiro atoms. The minimum Gasteiger partial charge on any atom is -0.496 e. The van der Waals surface area contributed by atoms with Gasteiger partial charge in [0.15, 0.2) is 17.9 Å². The lowest BCUT2D eigenvalue weighted by Gasteiger charge is -2.09. The van der Waals surface area contributed by atoms with E-state index in [1.807, 2.05) is 0 Å². The van der Waals surface area contributed by atoms with Gasteiger partial charge in [0.05, 0.1) is 22.5 Å². The van der Waals surface area contributed by atoms with Gasteiger partial charge >= 0.3 is 0 Å². The van der Waals surface area contributed by atoms with Crippen LogP contribution in [0.25, 0.3) is 0 Å². The van der Waals surface area contributed by atoms with Crippen molar-refractivity contribution in [1.82, 2.24) is 0 Å². The van der Waals surface area contributed by atoms with Crippen LogP contribution in [0.1, 0.15) is 10.4 Å². The van der Waals surface area contributed by atoms with Crippen molar-refractivity contribution in [2.45, 2.75) is 9.79 Å². The van der Waals surface area contributed by atoms with Crippen molar-refractivity contribution in [3.63, 3.8) is 0 Å². The molecular weight excluding hydrogens is 270 g/mol. The number of aldehydes is 1. The second kappa shape index (κ2) is 5.84. The van der Waals surface area contributed by atoms with E-state index in [2.05, 4.69) is 0 Å². The van der Waals surface area contributed by atoms with Gasteiger partial charge in [-0.2, -0.15) is 0 Å². The maximum absolute atomic E-state index is 13.8. The molecule has 0 radical (unpaired) electrons. The fourth-order valence-corrected chi connectivity index (χ4v) is 2.49. The first-order valence-electron chi connectivity index (χ1n) is 5.41. The molecule has 2 aromatic carbocycles. The highest BCUT2D eigenvalue weighted by molar-refractivity contribution is 7.99. The molecule has 0 aromatic heterocycles. The summed E-state index contributed by atoms with van der Waals surface area (Å²) in [7, 11) is 1.51. The van der Waals surface area contributed by atoms with Gasteiger partial charge in [-0.3, -0.25) is 4.79 Å². The molecule has 0 unspecified atom stereocenters. The van der Waals surface area contributed by atoms with E-state index in [1.54, 1.807) is 24.3 Å².